The molecule has 0 bridgehead atoms. The second-order valence-corrected chi connectivity index (χ2v) is 3.22. The molecule has 0 rings (SSSR count). The number of hydrazine groups is 1. The standard InChI is InChI=1S/C8H21N3/c1-8(2)10(4)6-7-11(5)9-3/h8-9H,6-7H2,1-5H3. The minimum atomic E-state index is 0.639. The van der Waals surface area contributed by atoms with Crippen LogP contribution >= 0.6 is 0 Å². The molecule has 0 amide bonds. The van der Waals surface area contributed by atoms with Crippen molar-refractivity contribution < 1.29 is 0 Å². The Bertz CT molecular complexity index is 93.3. The minimum Gasteiger partial charge on any atom is -0.303 e. The first-order valence-electron chi connectivity index (χ1n) is 4.16. The van der Waals surface area contributed by atoms with Crippen LogP contribution in [0.4, 0.5) is 0 Å². The Balaban J connectivity index is 3.37. The fraction of sp³-hybridized carbons (Fsp3) is 1.00. The summed E-state index contributed by atoms with van der Waals surface area (Å²) < 4.78 is 0. The highest BCUT2D eigenvalue weighted by Gasteiger charge is 2.02. The topological polar surface area (TPSA) is 18.5 Å². The summed E-state index contributed by atoms with van der Waals surface area (Å²) in [7, 11) is 6.14. The molecule has 3 heteroatoms. The summed E-state index contributed by atoms with van der Waals surface area (Å²) in [5, 5.41) is 2.08. The third kappa shape index (κ3) is 5.18. The Morgan fingerprint density at radius 1 is 1.18 bits per heavy atom. The fourth-order valence-electron chi connectivity index (χ4n) is 0.678. The summed E-state index contributed by atoms with van der Waals surface area (Å²) in [5.41, 5.74) is 3.07. The van der Waals surface area contributed by atoms with Gasteiger partial charge in [-0.05, 0) is 27.9 Å². The van der Waals surface area contributed by atoms with E-state index in [2.05, 4.69) is 36.2 Å². The molecule has 0 spiro atoms. The second-order valence-electron chi connectivity index (χ2n) is 3.22. The van der Waals surface area contributed by atoms with E-state index in [0.29, 0.717) is 6.04 Å². The van der Waals surface area contributed by atoms with Crippen LogP contribution in [0.1, 0.15) is 13.8 Å². The van der Waals surface area contributed by atoms with Crippen molar-refractivity contribution in [1.82, 2.24) is 15.3 Å². The average Bonchev–Trinajstić information content (AvgIpc) is 1.99. The van der Waals surface area contributed by atoms with E-state index >= 15 is 0 Å². The Morgan fingerprint density at radius 3 is 2.09 bits per heavy atom. The molecule has 0 aromatic rings. The van der Waals surface area contributed by atoms with Crippen LogP contribution in [0.15, 0.2) is 0 Å². The number of hydrogen-bond acceptors (Lipinski definition) is 3. The van der Waals surface area contributed by atoms with Crippen LogP contribution in [0.3, 0.4) is 0 Å². The van der Waals surface area contributed by atoms with E-state index in [9.17, 15) is 0 Å². The molecule has 0 aromatic heterocycles. The van der Waals surface area contributed by atoms with Crippen LogP contribution in [0.25, 0.3) is 0 Å². The number of rotatable bonds is 5. The van der Waals surface area contributed by atoms with Crippen molar-refractivity contribution in [3.63, 3.8) is 0 Å². The second kappa shape index (κ2) is 5.52. The van der Waals surface area contributed by atoms with E-state index < -0.39 is 0 Å². The third-order valence-electron chi connectivity index (χ3n) is 2.05. The van der Waals surface area contributed by atoms with Crippen molar-refractivity contribution in [3.05, 3.63) is 0 Å². The van der Waals surface area contributed by atoms with Gasteiger partial charge in [0.15, 0.2) is 0 Å². The Hall–Kier alpha value is -0.120. The van der Waals surface area contributed by atoms with Gasteiger partial charge in [-0.25, -0.2) is 5.01 Å². The van der Waals surface area contributed by atoms with Crippen molar-refractivity contribution in [1.29, 1.82) is 0 Å². The van der Waals surface area contributed by atoms with Crippen molar-refractivity contribution in [3.8, 4) is 0 Å². The van der Waals surface area contributed by atoms with Gasteiger partial charge in [0, 0.05) is 26.2 Å². The van der Waals surface area contributed by atoms with Gasteiger partial charge in [0.05, 0.1) is 0 Å². The summed E-state index contributed by atoms with van der Waals surface area (Å²) in [6, 6.07) is 0.639. The van der Waals surface area contributed by atoms with Crippen molar-refractivity contribution >= 4 is 0 Å². The minimum absolute atomic E-state index is 0.639. The van der Waals surface area contributed by atoms with Crippen LogP contribution in [0.2, 0.25) is 0 Å². The van der Waals surface area contributed by atoms with Crippen LogP contribution in [0.5, 0.6) is 0 Å². The molecular formula is C8H21N3. The zero-order valence-electron chi connectivity index (χ0n) is 8.39. The molecule has 0 saturated heterocycles. The highest BCUT2D eigenvalue weighted by molar-refractivity contribution is 4.57. The predicted octanol–water partition coefficient (Wildman–Crippen LogP) is 0.393. The van der Waals surface area contributed by atoms with Crippen molar-refractivity contribution in [2.45, 2.75) is 19.9 Å². The van der Waals surface area contributed by atoms with Crippen LogP contribution in [-0.2, 0) is 0 Å². The highest BCUT2D eigenvalue weighted by Crippen LogP contribution is 1.91. The van der Waals surface area contributed by atoms with Gasteiger partial charge in [-0.15, -0.1) is 0 Å². The van der Waals surface area contributed by atoms with E-state index in [0.717, 1.165) is 13.1 Å². The molecular weight excluding hydrogens is 138 g/mol. The van der Waals surface area contributed by atoms with Gasteiger partial charge in [-0.3, -0.25) is 5.43 Å². The molecule has 0 heterocycles. The van der Waals surface area contributed by atoms with Gasteiger partial charge >= 0.3 is 0 Å². The molecule has 11 heavy (non-hydrogen) atoms. The molecule has 3 nitrogen and oxygen atoms in total. The monoisotopic (exact) mass is 159 g/mol. The maximum atomic E-state index is 3.07. The fourth-order valence-corrected chi connectivity index (χ4v) is 0.678. The van der Waals surface area contributed by atoms with E-state index in [1.54, 1.807) is 0 Å². The highest BCUT2D eigenvalue weighted by atomic mass is 15.5. The largest absolute Gasteiger partial charge is 0.303 e. The summed E-state index contributed by atoms with van der Waals surface area (Å²) in [6.07, 6.45) is 0. The van der Waals surface area contributed by atoms with Gasteiger partial charge in [0.2, 0.25) is 0 Å². The zero-order chi connectivity index (χ0) is 8.85. The molecule has 0 saturated carbocycles. The summed E-state index contributed by atoms with van der Waals surface area (Å²) in [6.45, 7) is 6.58. The molecule has 68 valence electrons. The molecule has 0 radical (unpaired) electrons. The van der Waals surface area contributed by atoms with E-state index in [1.807, 2.05) is 14.1 Å². The summed E-state index contributed by atoms with van der Waals surface area (Å²) in [5.74, 6) is 0. The van der Waals surface area contributed by atoms with Crippen molar-refractivity contribution in [2.75, 3.05) is 34.2 Å². The Kier molecular flexibility index (Phi) is 5.46. The first-order valence-corrected chi connectivity index (χ1v) is 4.16. The number of nitrogens with zero attached hydrogens (tertiary/aromatic N) is 2. The van der Waals surface area contributed by atoms with Gasteiger partial charge in [0.1, 0.15) is 0 Å². The van der Waals surface area contributed by atoms with E-state index in [4.69, 9.17) is 0 Å². The van der Waals surface area contributed by atoms with Crippen LogP contribution in [0, 0.1) is 0 Å². The lowest BCUT2D eigenvalue weighted by Gasteiger charge is -2.24. The molecule has 0 fully saturated rings. The van der Waals surface area contributed by atoms with E-state index in [1.165, 1.54) is 0 Å². The van der Waals surface area contributed by atoms with Crippen LogP contribution in [-0.4, -0.2) is 50.2 Å². The lowest BCUT2D eigenvalue weighted by molar-refractivity contribution is 0.194. The normalized spacial score (nSPS) is 12.0. The molecule has 1 N–H and O–H groups in total. The molecule has 0 unspecified atom stereocenters. The van der Waals surface area contributed by atoms with Crippen molar-refractivity contribution in [2.24, 2.45) is 0 Å². The smallest absolute Gasteiger partial charge is 0.0255 e. The maximum absolute atomic E-state index is 3.07. The Morgan fingerprint density at radius 2 is 1.73 bits per heavy atom. The van der Waals surface area contributed by atoms with Crippen LogP contribution < -0.4 is 5.43 Å². The number of likely N-dealkylation sites (N-methyl/N-ethyl adjacent to an activating group) is 2. The maximum Gasteiger partial charge on any atom is 0.0255 e. The number of nitrogens with one attached hydrogen (secondary N) is 1. The zero-order valence-corrected chi connectivity index (χ0v) is 8.39. The van der Waals surface area contributed by atoms with Gasteiger partial charge in [0.25, 0.3) is 0 Å². The molecule has 0 atom stereocenters. The number of hydrogen-bond donors (Lipinski definition) is 1. The third-order valence-corrected chi connectivity index (χ3v) is 2.05. The molecule has 0 aliphatic heterocycles. The summed E-state index contributed by atoms with van der Waals surface area (Å²) in [4.78, 5) is 2.33. The van der Waals surface area contributed by atoms with Gasteiger partial charge in [-0.1, -0.05) is 0 Å². The first kappa shape index (κ1) is 10.9. The van der Waals surface area contributed by atoms with E-state index in [-0.39, 0.29) is 0 Å². The quantitative estimate of drug-likeness (QED) is 0.586. The lowest BCUT2D eigenvalue weighted by atomic mass is 10.3. The molecule has 0 aliphatic carbocycles. The van der Waals surface area contributed by atoms with Gasteiger partial charge < -0.3 is 4.90 Å². The molecule has 0 aliphatic rings. The summed E-state index contributed by atoms with van der Waals surface area (Å²) >= 11 is 0. The Labute approximate surface area is 70.3 Å². The average molecular weight is 159 g/mol. The first-order chi connectivity index (χ1) is 5.07. The van der Waals surface area contributed by atoms with Gasteiger partial charge in [-0.2, -0.15) is 0 Å². The lowest BCUT2D eigenvalue weighted by Crippen LogP contribution is -2.39. The predicted molar refractivity (Wildman–Crippen MR) is 49.5 cm³/mol. The molecule has 0 aromatic carbocycles. The SMILES string of the molecule is CNN(C)CCN(C)C(C)C.